The first-order chi connectivity index (χ1) is 15.0. The van der Waals surface area contributed by atoms with Crippen LogP contribution in [0.4, 0.5) is 16.0 Å². The molecule has 0 unspecified atom stereocenters. The Hall–Kier alpha value is -3.80. The number of hydrogen-bond donors (Lipinski definition) is 3. The molecule has 3 rings (SSSR count). The summed E-state index contributed by atoms with van der Waals surface area (Å²) >= 11 is 1.08. The van der Waals surface area contributed by atoms with E-state index in [9.17, 15) is 9.18 Å². The van der Waals surface area contributed by atoms with E-state index in [1.165, 1.54) is 26.5 Å². The van der Waals surface area contributed by atoms with Gasteiger partial charge in [-0.1, -0.05) is 30.0 Å². The monoisotopic (exact) mass is 445 g/mol. The van der Waals surface area contributed by atoms with E-state index >= 15 is 0 Å². The van der Waals surface area contributed by atoms with Gasteiger partial charge in [0.15, 0.2) is 0 Å². The normalized spacial score (nSPS) is 10.8. The highest BCUT2D eigenvalue weighted by atomic mass is 32.2. The van der Waals surface area contributed by atoms with E-state index in [1.54, 1.807) is 36.4 Å². The minimum absolute atomic E-state index is 0.0220. The van der Waals surface area contributed by atoms with Crippen molar-refractivity contribution in [2.45, 2.75) is 5.16 Å². The molecule has 162 valence electrons. The average molecular weight is 445 g/mol. The highest BCUT2D eigenvalue weighted by molar-refractivity contribution is 7.99. The van der Waals surface area contributed by atoms with Gasteiger partial charge in [0.2, 0.25) is 11.1 Å². The lowest BCUT2D eigenvalue weighted by molar-refractivity contribution is -0.113. The Labute approximate surface area is 181 Å². The summed E-state index contributed by atoms with van der Waals surface area (Å²) in [6, 6.07) is 11.2. The van der Waals surface area contributed by atoms with Gasteiger partial charge in [0.1, 0.15) is 17.3 Å². The van der Waals surface area contributed by atoms with Crippen LogP contribution in [0.25, 0.3) is 0 Å². The maximum atomic E-state index is 13.6. The first-order valence-electron chi connectivity index (χ1n) is 8.90. The predicted molar refractivity (Wildman–Crippen MR) is 117 cm³/mol. The van der Waals surface area contributed by atoms with Crippen LogP contribution in [0.15, 0.2) is 52.7 Å². The molecule has 10 nitrogen and oxygen atoms in total. The van der Waals surface area contributed by atoms with E-state index in [1.807, 2.05) is 0 Å². The number of aromatic nitrogens is 3. The third-order valence-electron chi connectivity index (χ3n) is 3.95. The molecular weight excluding hydrogens is 425 g/mol. The number of carbonyl (C=O) groups excluding carboxylic acids is 1. The summed E-state index contributed by atoms with van der Waals surface area (Å²) in [5, 5.41) is 14.7. The summed E-state index contributed by atoms with van der Waals surface area (Å²) < 4.78 is 25.1. The predicted octanol–water partition coefficient (Wildman–Crippen LogP) is 2.33. The third-order valence-corrected chi connectivity index (χ3v) is 4.89. The summed E-state index contributed by atoms with van der Waals surface area (Å²) in [4.78, 5) is 12.3. The molecule has 0 saturated carbocycles. The Kier molecular flexibility index (Phi) is 7.27. The molecule has 0 radical (unpaired) electrons. The lowest BCUT2D eigenvalue weighted by atomic mass is 10.2. The van der Waals surface area contributed by atoms with Gasteiger partial charge in [-0.15, -0.1) is 10.2 Å². The first-order valence-corrected chi connectivity index (χ1v) is 9.89. The number of thioether (sulfide) groups is 1. The third kappa shape index (κ3) is 5.63. The summed E-state index contributed by atoms with van der Waals surface area (Å²) in [6.07, 6.45) is 1.30. The van der Waals surface area contributed by atoms with Gasteiger partial charge in [0.25, 0.3) is 5.95 Å². The fourth-order valence-electron chi connectivity index (χ4n) is 2.42. The number of anilines is 2. The second kappa shape index (κ2) is 10.3. The van der Waals surface area contributed by atoms with E-state index in [-0.39, 0.29) is 22.8 Å². The number of methoxy groups -OCH3 is 2. The lowest BCUT2D eigenvalue weighted by Gasteiger charge is -2.11. The maximum absolute atomic E-state index is 13.6. The zero-order valence-electron chi connectivity index (χ0n) is 16.7. The van der Waals surface area contributed by atoms with Crippen LogP contribution >= 0.6 is 11.8 Å². The number of benzene rings is 2. The number of nitrogens with zero attached hydrogens (tertiary/aromatic N) is 4. The van der Waals surface area contributed by atoms with Gasteiger partial charge in [-0.05, 0) is 18.2 Å². The van der Waals surface area contributed by atoms with Gasteiger partial charge in [0.05, 0.1) is 31.9 Å². The van der Waals surface area contributed by atoms with Gasteiger partial charge in [-0.25, -0.2) is 14.5 Å². The van der Waals surface area contributed by atoms with Crippen LogP contribution in [0.2, 0.25) is 0 Å². The SMILES string of the molecule is COc1ccc(OC)c(NC(=O)CSc2nnc(N/N=C/c3ccccc3F)n2N)c1. The van der Waals surface area contributed by atoms with E-state index in [2.05, 4.69) is 26.0 Å². The Balaban J connectivity index is 1.57. The molecule has 0 spiro atoms. The number of nitrogens with two attached hydrogens (primary N) is 1. The van der Waals surface area contributed by atoms with Crippen molar-refractivity contribution < 1.29 is 18.7 Å². The molecule has 4 N–H and O–H groups in total. The zero-order chi connectivity index (χ0) is 22.2. The minimum Gasteiger partial charge on any atom is -0.497 e. The molecule has 3 aromatic rings. The Morgan fingerprint density at radius 2 is 2.06 bits per heavy atom. The molecule has 0 saturated heterocycles. The number of amides is 1. The fraction of sp³-hybridized carbons (Fsp3) is 0.158. The van der Waals surface area contributed by atoms with Gasteiger partial charge in [-0.3, -0.25) is 4.79 Å². The molecular formula is C19H20FN7O3S. The van der Waals surface area contributed by atoms with Gasteiger partial charge in [0, 0.05) is 11.6 Å². The molecule has 0 bridgehead atoms. The Bertz CT molecular complexity index is 1090. The number of ether oxygens (including phenoxy) is 2. The molecule has 12 heteroatoms. The van der Waals surface area contributed by atoms with Gasteiger partial charge >= 0.3 is 0 Å². The molecule has 0 aliphatic carbocycles. The van der Waals surface area contributed by atoms with Gasteiger partial charge < -0.3 is 20.6 Å². The molecule has 31 heavy (non-hydrogen) atoms. The first kappa shape index (κ1) is 21.9. The van der Waals surface area contributed by atoms with Crippen molar-refractivity contribution in [3.05, 3.63) is 53.8 Å². The van der Waals surface area contributed by atoms with Crippen molar-refractivity contribution in [3.63, 3.8) is 0 Å². The average Bonchev–Trinajstić information content (AvgIpc) is 3.13. The number of rotatable bonds is 9. The van der Waals surface area contributed by atoms with Crippen LogP contribution in [0.1, 0.15) is 5.56 Å². The van der Waals surface area contributed by atoms with Crippen molar-refractivity contribution in [2.75, 3.05) is 36.6 Å². The summed E-state index contributed by atoms with van der Waals surface area (Å²) in [5.41, 5.74) is 3.37. The molecule has 2 aromatic carbocycles. The summed E-state index contributed by atoms with van der Waals surface area (Å²) in [5.74, 6) is 6.45. The molecule has 1 heterocycles. The van der Waals surface area contributed by atoms with Crippen LogP contribution < -0.4 is 26.1 Å². The van der Waals surface area contributed by atoms with Crippen molar-refractivity contribution in [3.8, 4) is 11.5 Å². The molecule has 1 amide bonds. The van der Waals surface area contributed by atoms with Crippen molar-refractivity contribution in [2.24, 2.45) is 5.10 Å². The van der Waals surface area contributed by atoms with Gasteiger partial charge in [-0.2, -0.15) is 5.10 Å². The summed E-state index contributed by atoms with van der Waals surface area (Å²) in [7, 11) is 3.04. The quantitative estimate of drug-likeness (QED) is 0.198. The van der Waals surface area contributed by atoms with Crippen LogP contribution in [-0.2, 0) is 4.79 Å². The molecule has 1 aromatic heterocycles. The lowest BCUT2D eigenvalue weighted by Crippen LogP contribution is -2.17. The smallest absolute Gasteiger partial charge is 0.264 e. The number of halogens is 1. The van der Waals surface area contributed by atoms with E-state index in [4.69, 9.17) is 15.3 Å². The van der Waals surface area contributed by atoms with Crippen molar-refractivity contribution in [1.29, 1.82) is 0 Å². The Morgan fingerprint density at radius 1 is 1.26 bits per heavy atom. The molecule has 0 atom stereocenters. The van der Waals surface area contributed by atoms with E-state index in [0.717, 1.165) is 16.4 Å². The standard InChI is InChI=1S/C19H20FN7O3S/c1-29-13-7-8-16(30-2)15(9-13)23-17(28)11-31-19-26-25-18(27(19)21)24-22-10-12-5-3-4-6-14(12)20/h3-10H,11,21H2,1-2H3,(H,23,28)(H,24,25)/b22-10+. The number of hydrazone groups is 1. The molecule has 0 fully saturated rings. The van der Waals surface area contributed by atoms with Crippen LogP contribution in [0.5, 0.6) is 11.5 Å². The largest absolute Gasteiger partial charge is 0.497 e. The molecule has 0 aliphatic heterocycles. The second-order valence-corrected chi connectivity index (χ2v) is 6.91. The summed E-state index contributed by atoms with van der Waals surface area (Å²) in [6.45, 7) is 0. The van der Waals surface area contributed by atoms with Crippen molar-refractivity contribution >= 4 is 35.5 Å². The number of carbonyl (C=O) groups is 1. The highest BCUT2D eigenvalue weighted by Gasteiger charge is 2.14. The maximum Gasteiger partial charge on any atom is 0.264 e. The number of nitrogen functional groups attached to an aromatic ring is 1. The number of hydrogen-bond acceptors (Lipinski definition) is 9. The number of nitrogens with one attached hydrogen (secondary N) is 2. The zero-order valence-corrected chi connectivity index (χ0v) is 17.5. The van der Waals surface area contributed by atoms with Crippen LogP contribution in [0.3, 0.4) is 0 Å². The van der Waals surface area contributed by atoms with E-state index < -0.39 is 5.82 Å². The van der Waals surface area contributed by atoms with Crippen LogP contribution in [0, 0.1) is 5.82 Å². The fourth-order valence-corrected chi connectivity index (χ4v) is 3.08. The topological polar surface area (TPSA) is 129 Å². The minimum atomic E-state index is -0.405. The second-order valence-electron chi connectivity index (χ2n) is 5.97. The highest BCUT2D eigenvalue weighted by Crippen LogP contribution is 2.29. The van der Waals surface area contributed by atoms with Crippen molar-refractivity contribution in [1.82, 2.24) is 14.9 Å². The van der Waals surface area contributed by atoms with E-state index in [0.29, 0.717) is 22.7 Å². The van der Waals surface area contributed by atoms with Crippen LogP contribution in [-0.4, -0.2) is 47.0 Å². The molecule has 0 aliphatic rings. The Morgan fingerprint density at radius 3 is 2.81 bits per heavy atom.